The Morgan fingerprint density at radius 1 is 1.00 bits per heavy atom. The van der Waals surface area contributed by atoms with Crippen LogP contribution >= 0.6 is 23.1 Å². The lowest BCUT2D eigenvalue weighted by atomic mass is 9.82. The summed E-state index contributed by atoms with van der Waals surface area (Å²) in [6.07, 6.45) is 5.83. The minimum absolute atomic E-state index is 0.0116. The van der Waals surface area contributed by atoms with Crippen LogP contribution in [-0.2, 0) is 4.79 Å². The second kappa shape index (κ2) is 9.56. The minimum atomic E-state index is -0.947. The Kier molecular flexibility index (Phi) is 6.84. The molecule has 4 rings (SSSR count). The Balaban J connectivity index is 1.73. The lowest BCUT2D eigenvalue weighted by molar-refractivity contribution is -0.124. The van der Waals surface area contributed by atoms with Crippen molar-refractivity contribution in [3.63, 3.8) is 0 Å². The van der Waals surface area contributed by atoms with Gasteiger partial charge in [0.1, 0.15) is 4.88 Å². The van der Waals surface area contributed by atoms with Crippen LogP contribution in [0.25, 0.3) is 10.4 Å². The summed E-state index contributed by atoms with van der Waals surface area (Å²) >= 11 is 3.20. The van der Waals surface area contributed by atoms with Gasteiger partial charge in [-0.25, -0.2) is 4.79 Å². The van der Waals surface area contributed by atoms with Crippen LogP contribution < -0.4 is 4.90 Å². The van der Waals surface area contributed by atoms with Crippen LogP contribution in [0.1, 0.15) is 55.1 Å². The molecule has 1 amide bonds. The highest BCUT2D eigenvalue weighted by Crippen LogP contribution is 2.41. The Labute approximate surface area is 186 Å². The Morgan fingerprint density at radius 2 is 1.67 bits per heavy atom. The van der Waals surface area contributed by atoms with Gasteiger partial charge in [-0.15, -0.1) is 11.3 Å². The minimum Gasteiger partial charge on any atom is -0.477 e. The smallest absolute Gasteiger partial charge is 0.348 e. The number of carbonyl (C=O) groups is 2. The predicted octanol–water partition coefficient (Wildman–Crippen LogP) is 6.17. The zero-order valence-electron chi connectivity index (χ0n) is 17.4. The van der Waals surface area contributed by atoms with Crippen molar-refractivity contribution in [1.82, 2.24) is 0 Å². The SMILES string of the molecule is C[C@H]1CC[C@H](C(=O)N(c2cc(-c3ccccc3)sc2C(=O)O)C2CCSCC2)CC1. The fraction of sp³-hybridized carbons (Fsp3) is 0.500. The van der Waals surface area contributed by atoms with Gasteiger partial charge in [0.2, 0.25) is 5.91 Å². The molecule has 1 aliphatic carbocycles. The van der Waals surface area contributed by atoms with Crippen molar-refractivity contribution >= 4 is 40.7 Å². The van der Waals surface area contributed by atoms with Gasteiger partial charge in [0.15, 0.2) is 0 Å². The van der Waals surface area contributed by atoms with Crippen molar-refractivity contribution in [3.8, 4) is 10.4 Å². The average Bonchev–Trinajstić information content (AvgIpc) is 3.21. The predicted molar refractivity (Wildman–Crippen MR) is 126 cm³/mol. The monoisotopic (exact) mass is 443 g/mol. The molecule has 1 saturated heterocycles. The van der Waals surface area contributed by atoms with Crippen LogP contribution in [0.2, 0.25) is 0 Å². The highest BCUT2D eigenvalue weighted by Gasteiger charge is 2.36. The van der Waals surface area contributed by atoms with Crippen LogP contribution in [0.3, 0.4) is 0 Å². The summed E-state index contributed by atoms with van der Waals surface area (Å²) < 4.78 is 0. The standard InChI is InChI=1S/C24H29NO3S2/c1-16-7-9-18(10-8-16)23(26)25(19-11-13-29-14-12-19)20-15-21(30-22(20)24(27)28)17-5-3-2-4-6-17/h2-6,15-16,18-19H,7-14H2,1H3,(H,27,28)/t16-,18-. The molecule has 1 saturated carbocycles. The normalized spacial score (nSPS) is 22.6. The average molecular weight is 444 g/mol. The number of thiophene rings is 1. The number of hydrogen-bond donors (Lipinski definition) is 1. The maximum absolute atomic E-state index is 13.8. The van der Waals surface area contributed by atoms with E-state index in [1.165, 1.54) is 11.3 Å². The Bertz CT molecular complexity index is 881. The largest absolute Gasteiger partial charge is 0.477 e. The molecule has 0 radical (unpaired) electrons. The quantitative estimate of drug-likeness (QED) is 0.600. The van der Waals surface area contributed by atoms with Crippen LogP contribution in [0.5, 0.6) is 0 Å². The van der Waals surface area contributed by atoms with Crippen molar-refractivity contribution < 1.29 is 14.7 Å². The highest BCUT2D eigenvalue weighted by molar-refractivity contribution is 7.99. The number of hydrogen-bond acceptors (Lipinski definition) is 4. The van der Waals surface area contributed by atoms with Gasteiger partial charge in [-0.1, -0.05) is 37.3 Å². The van der Waals surface area contributed by atoms with Gasteiger partial charge in [0.25, 0.3) is 0 Å². The molecule has 0 unspecified atom stereocenters. The molecule has 6 heteroatoms. The van der Waals surface area contributed by atoms with Gasteiger partial charge in [-0.05, 0) is 67.6 Å². The molecule has 0 bridgehead atoms. The number of carbonyl (C=O) groups excluding carboxylic acids is 1. The molecule has 2 fully saturated rings. The van der Waals surface area contributed by atoms with Crippen LogP contribution in [0, 0.1) is 11.8 Å². The first-order valence-corrected chi connectivity index (χ1v) is 12.8. The third-order valence-corrected chi connectivity index (χ3v) is 8.59. The first kappa shape index (κ1) is 21.4. The molecular weight excluding hydrogens is 414 g/mol. The summed E-state index contributed by atoms with van der Waals surface area (Å²) in [6.45, 7) is 2.25. The summed E-state index contributed by atoms with van der Waals surface area (Å²) in [4.78, 5) is 29.0. The molecule has 2 aliphatic rings. The number of aromatic carboxylic acids is 1. The summed E-state index contributed by atoms with van der Waals surface area (Å²) in [7, 11) is 0. The number of amides is 1. The van der Waals surface area contributed by atoms with Gasteiger partial charge in [0, 0.05) is 16.8 Å². The van der Waals surface area contributed by atoms with Gasteiger partial charge in [0.05, 0.1) is 5.69 Å². The van der Waals surface area contributed by atoms with Crippen LogP contribution in [-0.4, -0.2) is 34.5 Å². The van der Waals surface area contributed by atoms with Crippen molar-refractivity contribution in [2.24, 2.45) is 11.8 Å². The molecule has 1 aromatic carbocycles. The van der Waals surface area contributed by atoms with Crippen molar-refractivity contribution in [2.75, 3.05) is 16.4 Å². The number of nitrogens with zero attached hydrogens (tertiary/aromatic N) is 1. The zero-order chi connectivity index (χ0) is 21.1. The Hall–Kier alpha value is -1.79. The van der Waals surface area contributed by atoms with E-state index in [2.05, 4.69) is 6.92 Å². The summed E-state index contributed by atoms with van der Waals surface area (Å²) in [5, 5.41) is 9.97. The summed E-state index contributed by atoms with van der Waals surface area (Å²) in [5.74, 6) is 1.92. The number of benzene rings is 1. The molecule has 30 heavy (non-hydrogen) atoms. The Morgan fingerprint density at radius 3 is 2.30 bits per heavy atom. The molecule has 2 aromatic rings. The lowest BCUT2D eigenvalue weighted by Crippen LogP contribution is -2.46. The van der Waals surface area contributed by atoms with Gasteiger partial charge < -0.3 is 10.0 Å². The molecule has 4 nitrogen and oxygen atoms in total. The number of thioether (sulfide) groups is 1. The molecule has 1 N–H and O–H groups in total. The molecule has 0 spiro atoms. The summed E-state index contributed by atoms with van der Waals surface area (Å²) in [5.41, 5.74) is 1.60. The lowest BCUT2D eigenvalue weighted by Gasteiger charge is -2.37. The third-order valence-electron chi connectivity index (χ3n) is 6.38. The van der Waals surface area contributed by atoms with E-state index in [9.17, 15) is 14.7 Å². The molecule has 2 heterocycles. The first-order valence-electron chi connectivity index (χ1n) is 10.9. The highest BCUT2D eigenvalue weighted by atomic mass is 32.2. The van der Waals surface area contributed by atoms with E-state index in [1.54, 1.807) is 0 Å². The number of carboxylic acids is 1. The number of rotatable bonds is 5. The van der Waals surface area contributed by atoms with E-state index in [1.807, 2.05) is 53.1 Å². The van der Waals surface area contributed by atoms with E-state index in [4.69, 9.17) is 0 Å². The van der Waals surface area contributed by atoms with Gasteiger partial charge in [-0.3, -0.25) is 4.79 Å². The van der Waals surface area contributed by atoms with Crippen molar-refractivity contribution in [1.29, 1.82) is 0 Å². The van der Waals surface area contributed by atoms with Crippen molar-refractivity contribution in [2.45, 2.75) is 51.5 Å². The fourth-order valence-corrected chi connectivity index (χ4v) is 6.68. The number of anilines is 1. The van der Waals surface area contributed by atoms with Crippen LogP contribution in [0.4, 0.5) is 5.69 Å². The molecule has 1 aliphatic heterocycles. The van der Waals surface area contributed by atoms with Crippen LogP contribution in [0.15, 0.2) is 36.4 Å². The number of carboxylic acid groups (broad SMARTS) is 1. The van der Waals surface area contributed by atoms with Gasteiger partial charge >= 0.3 is 5.97 Å². The maximum atomic E-state index is 13.8. The summed E-state index contributed by atoms with van der Waals surface area (Å²) in [6, 6.07) is 11.9. The van der Waals surface area contributed by atoms with E-state index in [0.717, 1.165) is 60.5 Å². The molecular formula is C24H29NO3S2. The van der Waals surface area contributed by atoms with E-state index in [-0.39, 0.29) is 22.7 Å². The zero-order valence-corrected chi connectivity index (χ0v) is 19.0. The second-order valence-corrected chi connectivity index (χ2v) is 10.8. The molecule has 0 atom stereocenters. The van der Waals surface area contributed by atoms with E-state index in [0.29, 0.717) is 11.6 Å². The van der Waals surface area contributed by atoms with Crippen molar-refractivity contribution in [3.05, 3.63) is 41.3 Å². The fourth-order valence-electron chi connectivity index (χ4n) is 4.60. The topological polar surface area (TPSA) is 57.6 Å². The molecule has 160 valence electrons. The first-order chi connectivity index (χ1) is 14.5. The maximum Gasteiger partial charge on any atom is 0.348 e. The van der Waals surface area contributed by atoms with E-state index < -0.39 is 5.97 Å². The second-order valence-electron chi connectivity index (χ2n) is 8.50. The molecule has 1 aromatic heterocycles. The third kappa shape index (κ3) is 4.59. The van der Waals surface area contributed by atoms with Gasteiger partial charge in [-0.2, -0.15) is 11.8 Å². The van der Waals surface area contributed by atoms with E-state index >= 15 is 0 Å².